The second-order valence-electron chi connectivity index (χ2n) is 5.94. The second kappa shape index (κ2) is 6.84. The number of nitrogens with one attached hydrogen (secondary N) is 1. The lowest BCUT2D eigenvalue weighted by Gasteiger charge is -2.41. The van der Waals surface area contributed by atoms with E-state index in [1.807, 2.05) is 4.90 Å². The quantitative estimate of drug-likeness (QED) is 0.827. The van der Waals surface area contributed by atoms with Crippen LogP contribution >= 0.6 is 0 Å². The summed E-state index contributed by atoms with van der Waals surface area (Å²) in [7, 11) is 3.92. The van der Waals surface area contributed by atoms with Crippen LogP contribution in [0.3, 0.4) is 0 Å². The summed E-state index contributed by atoms with van der Waals surface area (Å²) >= 11 is 0. The van der Waals surface area contributed by atoms with Gasteiger partial charge in [-0.1, -0.05) is 13.8 Å². The van der Waals surface area contributed by atoms with Gasteiger partial charge < -0.3 is 10.2 Å². The average molecular weight is 295 g/mol. The highest BCUT2D eigenvalue weighted by Gasteiger charge is 2.28. The molecular formula is C13H25N7O. The summed E-state index contributed by atoms with van der Waals surface area (Å²) in [4.78, 5) is 16.5. The number of hydrogen-bond acceptors (Lipinski definition) is 5. The maximum atomic E-state index is 12.2. The Balaban J connectivity index is 1.79. The number of aromatic nitrogens is 4. The van der Waals surface area contributed by atoms with Crippen molar-refractivity contribution >= 4 is 6.03 Å². The van der Waals surface area contributed by atoms with Crippen molar-refractivity contribution in [3.63, 3.8) is 0 Å². The van der Waals surface area contributed by atoms with E-state index < -0.39 is 0 Å². The van der Waals surface area contributed by atoms with Crippen LogP contribution in [0.25, 0.3) is 0 Å². The molecular weight excluding hydrogens is 270 g/mol. The Labute approximate surface area is 125 Å². The van der Waals surface area contributed by atoms with E-state index in [9.17, 15) is 4.79 Å². The monoisotopic (exact) mass is 295 g/mol. The summed E-state index contributed by atoms with van der Waals surface area (Å²) in [5.41, 5.74) is 0. The molecule has 0 aliphatic carbocycles. The van der Waals surface area contributed by atoms with Gasteiger partial charge in [-0.25, -0.2) is 9.48 Å². The number of urea groups is 1. The summed E-state index contributed by atoms with van der Waals surface area (Å²) in [6, 6.07) is 0.427. The lowest BCUT2D eigenvalue weighted by Crippen LogP contribution is -2.57. The molecule has 0 bridgehead atoms. The Morgan fingerprint density at radius 2 is 2.14 bits per heavy atom. The van der Waals surface area contributed by atoms with Crippen molar-refractivity contribution in [1.29, 1.82) is 0 Å². The van der Waals surface area contributed by atoms with Crippen molar-refractivity contribution in [2.45, 2.75) is 26.3 Å². The van der Waals surface area contributed by atoms with Crippen LogP contribution in [0.1, 0.15) is 19.7 Å². The molecule has 0 saturated carbocycles. The van der Waals surface area contributed by atoms with E-state index in [1.54, 1.807) is 11.7 Å². The van der Waals surface area contributed by atoms with Gasteiger partial charge >= 0.3 is 6.03 Å². The van der Waals surface area contributed by atoms with Crippen LogP contribution in [0.15, 0.2) is 0 Å². The van der Waals surface area contributed by atoms with Crippen LogP contribution in [-0.4, -0.2) is 75.3 Å². The van der Waals surface area contributed by atoms with E-state index in [4.69, 9.17) is 0 Å². The predicted octanol–water partition coefficient (Wildman–Crippen LogP) is -0.266. The predicted molar refractivity (Wildman–Crippen MR) is 78.7 cm³/mol. The van der Waals surface area contributed by atoms with E-state index in [-0.39, 0.29) is 6.03 Å². The fourth-order valence-electron chi connectivity index (χ4n) is 2.66. The molecule has 1 fully saturated rings. The largest absolute Gasteiger partial charge is 0.338 e. The number of likely N-dealkylation sites (N-methyl/N-ethyl adjacent to an activating group) is 1. The summed E-state index contributed by atoms with van der Waals surface area (Å²) < 4.78 is 1.62. The van der Waals surface area contributed by atoms with E-state index in [0.717, 1.165) is 25.5 Å². The van der Waals surface area contributed by atoms with Crippen LogP contribution < -0.4 is 5.32 Å². The smallest absolute Gasteiger partial charge is 0.317 e. The van der Waals surface area contributed by atoms with Crippen LogP contribution in [0, 0.1) is 5.92 Å². The first-order chi connectivity index (χ1) is 9.99. The number of hydrogen-bond donors (Lipinski definition) is 1. The maximum absolute atomic E-state index is 12.2. The molecule has 0 aromatic carbocycles. The molecule has 2 rings (SSSR count). The van der Waals surface area contributed by atoms with Crippen LogP contribution in [0.2, 0.25) is 0 Å². The molecule has 1 saturated heterocycles. The minimum atomic E-state index is 0.00359. The molecule has 8 heteroatoms. The Morgan fingerprint density at radius 3 is 2.76 bits per heavy atom. The Morgan fingerprint density at radius 1 is 1.38 bits per heavy atom. The average Bonchev–Trinajstić information content (AvgIpc) is 2.84. The van der Waals surface area contributed by atoms with Crippen molar-refractivity contribution in [3.05, 3.63) is 5.82 Å². The Bertz CT molecular complexity index is 473. The van der Waals surface area contributed by atoms with Gasteiger partial charge in [-0.2, -0.15) is 0 Å². The van der Waals surface area contributed by atoms with E-state index >= 15 is 0 Å². The highest BCUT2D eigenvalue weighted by Crippen LogP contribution is 2.15. The summed E-state index contributed by atoms with van der Waals surface area (Å²) in [5, 5.41) is 14.2. The number of amides is 2. The molecule has 0 radical (unpaired) electrons. The van der Waals surface area contributed by atoms with Gasteiger partial charge in [0.1, 0.15) is 0 Å². The molecule has 1 aromatic heterocycles. The summed E-state index contributed by atoms with van der Waals surface area (Å²) in [5.74, 6) is 1.31. The van der Waals surface area contributed by atoms with E-state index in [2.05, 4.69) is 46.6 Å². The van der Waals surface area contributed by atoms with Crippen molar-refractivity contribution in [1.82, 2.24) is 35.3 Å². The molecule has 118 valence electrons. The zero-order valence-corrected chi connectivity index (χ0v) is 13.3. The Kier molecular flexibility index (Phi) is 5.11. The van der Waals surface area contributed by atoms with Gasteiger partial charge in [0, 0.05) is 45.7 Å². The van der Waals surface area contributed by atoms with Gasteiger partial charge in [0.05, 0.1) is 0 Å². The number of piperazine rings is 1. The van der Waals surface area contributed by atoms with Crippen LogP contribution in [0.4, 0.5) is 4.79 Å². The van der Waals surface area contributed by atoms with Crippen LogP contribution in [-0.2, 0) is 13.5 Å². The molecule has 1 N–H and O–H groups in total. The lowest BCUT2D eigenvalue weighted by atomic mass is 10.0. The normalized spacial score (nSPS) is 20.0. The molecule has 1 atom stereocenters. The SMILES string of the molecule is CC(C)[C@H]1CN(C(=O)NCCc2nnnn2C)CCN1C. The topological polar surface area (TPSA) is 79.2 Å². The number of carbonyl (C=O) groups excluding carboxylic acids is 1. The molecule has 2 heterocycles. The lowest BCUT2D eigenvalue weighted by molar-refractivity contribution is 0.0857. The molecule has 1 aliphatic heterocycles. The third-order valence-corrected chi connectivity index (χ3v) is 4.09. The van der Waals surface area contributed by atoms with Gasteiger partial charge in [0.25, 0.3) is 0 Å². The Hall–Kier alpha value is -1.70. The molecule has 0 spiro atoms. The van der Waals surface area contributed by atoms with E-state index in [1.165, 1.54) is 0 Å². The molecule has 8 nitrogen and oxygen atoms in total. The summed E-state index contributed by atoms with van der Waals surface area (Å²) in [6.07, 6.45) is 0.636. The third-order valence-electron chi connectivity index (χ3n) is 4.09. The zero-order chi connectivity index (χ0) is 15.4. The fourth-order valence-corrected chi connectivity index (χ4v) is 2.66. The number of carbonyl (C=O) groups is 1. The minimum Gasteiger partial charge on any atom is -0.338 e. The van der Waals surface area contributed by atoms with Gasteiger partial charge in [-0.05, 0) is 23.4 Å². The zero-order valence-electron chi connectivity index (χ0n) is 13.3. The van der Waals surface area contributed by atoms with Crippen molar-refractivity contribution in [3.8, 4) is 0 Å². The van der Waals surface area contributed by atoms with Crippen molar-refractivity contribution in [2.24, 2.45) is 13.0 Å². The van der Waals surface area contributed by atoms with Gasteiger partial charge in [0.2, 0.25) is 0 Å². The van der Waals surface area contributed by atoms with Crippen LogP contribution in [0.5, 0.6) is 0 Å². The first-order valence-corrected chi connectivity index (χ1v) is 7.43. The number of tetrazole rings is 1. The highest BCUT2D eigenvalue weighted by atomic mass is 16.2. The third kappa shape index (κ3) is 3.90. The number of nitrogens with zero attached hydrogens (tertiary/aromatic N) is 6. The van der Waals surface area contributed by atoms with Crippen molar-refractivity contribution < 1.29 is 4.79 Å². The fraction of sp³-hybridized carbons (Fsp3) is 0.846. The molecule has 1 aromatic rings. The first-order valence-electron chi connectivity index (χ1n) is 7.43. The second-order valence-corrected chi connectivity index (χ2v) is 5.94. The van der Waals surface area contributed by atoms with Crippen molar-refractivity contribution in [2.75, 3.05) is 33.2 Å². The minimum absolute atomic E-state index is 0.00359. The van der Waals surface area contributed by atoms with E-state index in [0.29, 0.717) is 24.9 Å². The molecule has 2 amide bonds. The first kappa shape index (κ1) is 15.7. The van der Waals surface area contributed by atoms with Gasteiger partial charge in [-0.15, -0.1) is 5.10 Å². The van der Waals surface area contributed by atoms with Gasteiger partial charge in [0.15, 0.2) is 5.82 Å². The maximum Gasteiger partial charge on any atom is 0.317 e. The number of rotatable bonds is 4. The molecule has 1 aliphatic rings. The highest BCUT2D eigenvalue weighted by molar-refractivity contribution is 5.74. The van der Waals surface area contributed by atoms with Gasteiger partial charge in [-0.3, -0.25) is 4.90 Å². The summed E-state index contributed by atoms with van der Waals surface area (Å²) in [6.45, 7) is 7.42. The number of aryl methyl sites for hydroxylation is 1. The molecule has 0 unspecified atom stereocenters. The molecule has 21 heavy (non-hydrogen) atoms. The standard InChI is InChI=1S/C13H25N7O/c1-10(2)11-9-20(8-7-18(11)3)13(21)14-6-5-12-15-16-17-19(12)4/h10-11H,5-9H2,1-4H3,(H,14,21)/t11-/m1/s1.